The molecule has 0 radical (unpaired) electrons. The smallest absolute Gasteiger partial charge is 0.302 e. The lowest BCUT2D eigenvalue weighted by Gasteiger charge is -2.52. The largest absolute Gasteiger partial charge is 0.461 e. The van der Waals surface area contributed by atoms with Gasteiger partial charge in [0.2, 0.25) is 0 Å². The van der Waals surface area contributed by atoms with Gasteiger partial charge in [-0.2, -0.15) is 0 Å². The lowest BCUT2D eigenvalue weighted by Crippen LogP contribution is -2.43. The number of esters is 1. The van der Waals surface area contributed by atoms with Gasteiger partial charge in [-0.05, 0) is 59.8 Å². The van der Waals surface area contributed by atoms with Crippen LogP contribution in [0.5, 0.6) is 0 Å². The molecular weight excluding hydrogens is 248 g/mol. The summed E-state index contributed by atoms with van der Waals surface area (Å²) >= 11 is 0. The quantitative estimate of drug-likeness (QED) is 0.548. The first kappa shape index (κ1) is 14.2. The van der Waals surface area contributed by atoms with Gasteiger partial charge in [0.15, 0.2) is 0 Å². The molecule has 0 amide bonds. The van der Waals surface area contributed by atoms with E-state index >= 15 is 0 Å². The highest BCUT2D eigenvalue weighted by Crippen LogP contribution is 2.74. The Morgan fingerprint density at radius 3 is 2.60 bits per heavy atom. The van der Waals surface area contributed by atoms with Crippen molar-refractivity contribution in [3.05, 3.63) is 11.1 Å². The predicted molar refractivity (Wildman–Crippen MR) is 80.2 cm³/mol. The van der Waals surface area contributed by atoms with Gasteiger partial charge in [-0.3, -0.25) is 4.79 Å². The van der Waals surface area contributed by atoms with Crippen LogP contribution in [0.15, 0.2) is 11.1 Å². The molecule has 20 heavy (non-hydrogen) atoms. The van der Waals surface area contributed by atoms with Crippen molar-refractivity contribution in [3.63, 3.8) is 0 Å². The molecule has 0 aromatic rings. The Kier molecular flexibility index (Phi) is 2.91. The first-order valence-electron chi connectivity index (χ1n) is 8.07. The van der Waals surface area contributed by atoms with E-state index in [0.29, 0.717) is 22.9 Å². The van der Waals surface area contributed by atoms with Gasteiger partial charge in [0.1, 0.15) is 6.61 Å². The van der Waals surface area contributed by atoms with E-state index in [0.717, 1.165) is 12.3 Å². The fraction of sp³-hybridized carbons (Fsp3) is 0.833. The summed E-state index contributed by atoms with van der Waals surface area (Å²) in [6.45, 7) is 11.8. The van der Waals surface area contributed by atoms with Gasteiger partial charge in [-0.25, -0.2) is 0 Å². The maximum absolute atomic E-state index is 11.2. The maximum Gasteiger partial charge on any atom is 0.302 e. The van der Waals surface area contributed by atoms with E-state index in [9.17, 15) is 4.79 Å². The fourth-order valence-corrected chi connectivity index (χ4v) is 5.62. The summed E-state index contributed by atoms with van der Waals surface area (Å²) in [4.78, 5) is 11.2. The monoisotopic (exact) mass is 276 g/mol. The van der Waals surface area contributed by atoms with Crippen LogP contribution in [0, 0.1) is 22.2 Å². The van der Waals surface area contributed by atoms with Crippen molar-refractivity contribution >= 4 is 5.97 Å². The number of carbonyl (C=O) groups is 1. The average molecular weight is 276 g/mol. The Bertz CT molecular complexity index is 484. The average Bonchev–Trinajstić information content (AvgIpc) is 2.85. The van der Waals surface area contributed by atoms with Gasteiger partial charge in [-0.1, -0.05) is 33.3 Å². The molecule has 3 aliphatic carbocycles. The molecule has 2 nitrogen and oxygen atoms in total. The lowest BCUT2D eigenvalue weighted by atomic mass is 9.52. The highest BCUT2D eigenvalue weighted by atomic mass is 16.5. The molecule has 0 aromatic heterocycles. The third-order valence-corrected chi connectivity index (χ3v) is 6.81. The van der Waals surface area contributed by atoms with Crippen molar-refractivity contribution in [1.29, 1.82) is 0 Å². The molecule has 0 heterocycles. The molecule has 2 heteroatoms. The SMILES string of the molecule is CC(=O)OCC1=C2C(C)(C)C3CCC2(C3)C(C)(C)CC1. The highest BCUT2D eigenvalue weighted by Gasteiger charge is 2.65. The van der Waals surface area contributed by atoms with Gasteiger partial charge >= 0.3 is 5.97 Å². The van der Waals surface area contributed by atoms with Crippen LogP contribution in [0.2, 0.25) is 0 Å². The molecule has 112 valence electrons. The van der Waals surface area contributed by atoms with Gasteiger partial charge in [-0.15, -0.1) is 0 Å². The van der Waals surface area contributed by atoms with E-state index in [4.69, 9.17) is 4.74 Å². The van der Waals surface area contributed by atoms with Crippen molar-refractivity contribution < 1.29 is 9.53 Å². The minimum atomic E-state index is -0.155. The van der Waals surface area contributed by atoms with Crippen LogP contribution in [-0.2, 0) is 9.53 Å². The predicted octanol–water partition coefficient (Wildman–Crippen LogP) is 4.49. The van der Waals surface area contributed by atoms with Gasteiger partial charge < -0.3 is 4.74 Å². The highest BCUT2D eigenvalue weighted by molar-refractivity contribution is 5.66. The second-order valence-corrected chi connectivity index (χ2v) is 8.39. The summed E-state index contributed by atoms with van der Waals surface area (Å²) in [7, 11) is 0. The fourth-order valence-electron chi connectivity index (χ4n) is 5.62. The van der Waals surface area contributed by atoms with E-state index in [1.54, 1.807) is 5.57 Å². The van der Waals surface area contributed by atoms with Crippen molar-refractivity contribution in [3.8, 4) is 0 Å². The number of fused-ring (bicyclic) bond motifs is 1. The zero-order valence-electron chi connectivity index (χ0n) is 13.6. The molecule has 2 bridgehead atoms. The van der Waals surface area contributed by atoms with Crippen LogP contribution in [0.25, 0.3) is 0 Å². The number of hydrogen-bond donors (Lipinski definition) is 0. The molecular formula is C18H28O2. The summed E-state index contributed by atoms with van der Waals surface area (Å²) in [5, 5.41) is 0. The molecule has 3 aliphatic rings. The van der Waals surface area contributed by atoms with E-state index in [-0.39, 0.29) is 5.97 Å². The summed E-state index contributed by atoms with van der Waals surface area (Å²) in [5.41, 5.74) is 4.18. The van der Waals surface area contributed by atoms with Gasteiger partial charge in [0.25, 0.3) is 0 Å². The van der Waals surface area contributed by atoms with Crippen LogP contribution in [0.3, 0.4) is 0 Å². The zero-order chi connectivity index (χ0) is 14.8. The van der Waals surface area contributed by atoms with Gasteiger partial charge in [0, 0.05) is 6.92 Å². The van der Waals surface area contributed by atoms with E-state index in [1.165, 1.54) is 38.2 Å². The molecule has 0 aliphatic heterocycles. The number of allylic oxidation sites excluding steroid dienone is 1. The maximum atomic E-state index is 11.2. The van der Waals surface area contributed by atoms with Crippen LogP contribution in [-0.4, -0.2) is 12.6 Å². The van der Waals surface area contributed by atoms with Gasteiger partial charge in [0.05, 0.1) is 0 Å². The minimum Gasteiger partial charge on any atom is -0.461 e. The summed E-state index contributed by atoms with van der Waals surface area (Å²) in [6, 6.07) is 0. The molecule has 2 unspecified atom stereocenters. The number of rotatable bonds is 2. The zero-order valence-corrected chi connectivity index (χ0v) is 13.6. The Labute approximate surface area is 123 Å². The second-order valence-electron chi connectivity index (χ2n) is 8.39. The van der Waals surface area contributed by atoms with Crippen LogP contribution in [0.4, 0.5) is 0 Å². The molecule has 2 atom stereocenters. The molecule has 1 spiro atoms. The summed E-state index contributed by atoms with van der Waals surface area (Å²) in [6.07, 6.45) is 6.41. The Morgan fingerprint density at radius 2 is 1.95 bits per heavy atom. The Hall–Kier alpha value is -0.790. The first-order valence-corrected chi connectivity index (χ1v) is 8.07. The molecule has 2 fully saturated rings. The van der Waals surface area contributed by atoms with Crippen LogP contribution < -0.4 is 0 Å². The third-order valence-electron chi connectivity index (χ3n) is 6.81. The topological polar surface area (TPSA) is 26.3 Å². The lowest BCUT2D eigenvalue weighted by molar-refractivity contribution is -0.140. The molecule has 0 N–H and O–H groups in total. The molecule has 3 rings (SSSR count). The van der Waals surface area contributed by atoms with E-state index in [2.05, 4.69) is 27.7 Å². The minimum absolute atomic E-state index is 0.155. The normalized spacial score (nSPS) is 37.0. The van der Waals surface area contributed by atoms with Crippen molar-refractivity contribution in [2.24, 2.45) is 22.2 Å². The van der Waals surface area contributed by atoms with E-state index in [1.807, 2.05) is 0 Å². The number of ether oxygens (including phenoxy) is 1. The number of carbonyl (C=O) groups excluding carboxylic acids is 1. The Morgan fingerprint density at radius 1 is 1.25 bits per heavy atom. The summed E-state index contributed by atoms with van der Waals surface area (Å²) in [5.74, 6) is 0.667. The Balaban J connectivity index is 2.07. The second kappa shape index (κ2) is 4.11. The molecule has 2 saturated carbocycles. The van der Waals surface area contributed by atoms with Crippen LogP contribution in [0.1, 0.15) is 66.7 Å². The van der Waals surface area contributed by atoms with E-state index < -0.39 is 0 Å². The molecule has 0 aromatic carbocycles. The third kappa shape index (κ3) is 1.66. The van der Waals surface area contributed by atoms with Crippen molar-refractivity contribution in [2.45, 2.75) is 66.7 Å². The van der Waals surface area contributed by atoms with Crippen LogP contribution >= 0.6 is 0 Å². The molecule has 0 saturated heterocycles. The standard InChI is InChI=1S/C18H28O2/c1-12(19)20-11-13-6-8-16(2,3)18-9-7-14(10-18)17(4,5)15(13)18/h14H,6-11H2,1-5H3. The van der Waals surface area contributed by atoms with Crippen molar-refractivity contribution in [1.82, 2.24) is 0 Å². The van der Waals surface area contributed by atoms with Crippen molar-refractivity contribution in [2.75, 3.05) is 6.61 Å². The number of hydrogen-bond acceptors (Lipinski definition) is 2. The first-order chi connectivity index (χ1) is 9.21. The summed E-state index contributed by atoms with van der Waals surface area (Å²) < 4.78 is 5.36.